The van der Waals surface area contributed by atoms with Gasteiger partial charge in [-0.2, -0.15) is 5.26 Å². The van der Waals surface area contributed by atoms with Crippen LogP contribution in [0.5, 0.6) is 0 Å². The largest absolute Gasteiger partial charge is 0.444 e. The van der Waals surface area contributed by atoms with E-state index in [1.807, 2.05) is 47.6 Å². The van der Waals surface area contributed by atoms with Crippen molar-refractivity contribution in [2.45, 2.75) is 90.5 Å². The van der Waals surface area contributed by atoms with Gasteiger partial charge in [-0.1, -0.05) is 0 Å². The Hall–Kier alpha value is -3.06. The van der Waals surface area contributed by atoms with Gasteiger partial charge < -0.3 is 30.3 Å². The second-order valence-corrected chi connectivity index (χ2v) is 11.1. The molecule has 2 saturated heterocycles. The molecule has 10 heteroatoms. The molecule has 0 bridgehead atoms. The Kier molecular flexibility index (Phi) is 10.3. The maximum atomic E-state index is 12.2. The average molecular weight is 503 g/mol. The number of aromatic nitrogens is 1. The first-order chi connectivity index (χ1) is 16.8. The molecular formula is C26H42N6O4. The molecule has 0 spiro atoms. The van der Waals surface area contributed by atoms with E-state index in [9.17, 15) is 9.59 Å². The number of anilines is 1. The molecule has 1 aromatic heterocycles. The summed E-state index contributed by atoms with van der Waals surface area (Å²) in [4.78, 5) is 31.6. The fraction of sp³-hybridized carbons (Fsp3) is 0.692. The number of nitrogens with two attached hydrogens (primary N) is 1. The predicted molar refractivity (Wildman–Crippen MR) is 138 cm³/mol. The molecule has 2 amide bonds. The molecule has 3 heterocycles. The average Bonchev–Trinajstić information content (AvgIpc) is 3.45. The van der Waals surface area contributed by atoms with Crippen molar-refractivity contribution in [1.29, 1.82) is 5.26 Å². The summed E-state index contributed by atoms with van der Waals surface area (Å²) in [5, 5.41) is 12.0. The Morgan fingerprint density at radius 1 is 1.03 bits per heavy atom. The number of nitrogens with zero attached hydrogens (tertiary/aromatic N) is 4. The van der Waals surface area contributed by atoms with Gasteiger partial charge in [0.25, 0.3) is 0 Å². The van der Waals surface area contributed by atoms with Crippen LogP contribution in [0.1, 0.15) is 72.8 Å². The highest BCUT2D eigenvalue weighted by Gasteiger charge is 2.32. The van der Waals surface area contributed by atoms with E-state index >= 15 is 0 Å². The zero-order valence-corrected chi connectivity index (χ0v) is 22.5. The molecule has 1 aromatic rings. The number of nitrogens with one attached hydrogen (secondary N) is 1. The molecule has 0 unspecified atom stereocenters. The minimum atomic E-state index is -0.480. The molecule has 0 aromatic carbocycles. The quantitative estimate of drug-likeness (QED) is 0.628. The second kappa shape index (κ2) is 12.8. The number of carbonyl (C=O) groups is 2. The molecule has 2 fully saturated rings. The van der Waals surface area contributed by atoms with E-state index in [0.717, 1.165) is 38.8 Å². The SMILES string of the molecule is CC(C)(C)OC(=O)N1CCC[C@H]1CN.CC(C)(C)OC(=O)N1CCC[C@H]1CNc1ccc(C#N)cn1. The lowest BCUT2D eigenvalue weighted by Crippen LogP contribution is -2.42. The Labute approximate surface area is 215 Å². The van der Waals surface area contributed by atoms with Crippen LogP contribution >= 0.6 is 0 Å². The summed E-state index contributed by atoms with van der Waals surface area (Å²) in [6, 6.07) is 5.80. The first-order valence-electron chi connectivity index (χ1n) is 12.6. The first kappa shape index (κ1) is 29.2. The van der Waals surface area contributed by atoms with Gasteiger partial charge in [-0.05, 0) is 79.4 Å². The summed E-state index contributed by atoms with van der Waals surface area (Å²) in [5.74, 6) is 0.704. The smallest absolute Gasteiger partial charge is 0.410 e. The molecule has 2 aliphatic rings. The van der Waals surface area contributed by atoms with Crippen molar-refractivity contribution < 1.29 is 19.1 Å². The zero-order valence-electron chi connectivity index (χ0n) is 22.5. The van der Waals surface area contributed by atoms with Gasteiger partial charge in [0, 0.05) is 38.4 Å². The molecule has 3 N–H and O–H groups in total. The van der Waals surface area contributed by atoms with Crippen LogP contribution in [0, 0.1) is 11.3 Å². The van der Waals surface area contributed by atoms with Crippen molar-refractivity contribution in [3.8, 4) is 6.07 Å². The van der Waals surface area contributed by atoms with Crippen LogP contribution in [-0.4, -0.2) is 76.4 Å². The minimum Gasteiger partial charge on any atom is -0.444 e. The lowest BCUT2D eigenvalue weighted by molar-refractivity contribution is 0.0222. The maximum absolute atomic E-state index is 12.2. The van der Waals surface area contributed by atoms with Crippen LogP contribution in [-0.2, 0) is 9.47 Å². The van der Waals surface area contributed by atoms with Gasteiger partial charge in [-0.25, -0.2) is 14.6 Å². The fourth-order valence-corrected chi connectivity index (χ4v) is 4.04. The summed E-state index contributed by atoms with van der Waals surface area (Å²) >= 11 is 0. The third-order valence-corrected chi connectivity index (χ3v) is 5.69. The number of ether oxygens (including phenoxy) is 2. The Balaban J connectivity index is 0.000000281. The van der Waals surface area contributed by atoms with Crippen molar-refractivity contribution >= 4 is 18.0 Å². The molecular weight excluding hydrogens is 460 g/mol. The summed E-state index contributed by atoms with van der Waals surface area (Å²) < 4.78 is 10.7. The Bertz CT molecular complexity index is 901. The molecule has 2 atom stereocenters. The number of rotatable bonds is 4. The van der Waals surface area contributed by atoms with E-state index < -0.39 is 11.2 Å². The standard InChI is InChI=1S/C16H22N4O2.C10H20N2O2/c1-16(2,3)22-15(21)20-8-4-5-13(20)11-19-14-7-6-12(9-17)10-18-14;1-10(2,3)14-9(13)12-6-4-5-8(12)7-11/h6-7,10,13H,4-5,8,11H2,1-3H3,(H,18,19);8H,4-7,11H2,1-3H3/t13-;8-/m00/s1. The Morgan fingerprint density at radius 3 is 2.00 bits per heavy atom. The third kappa shape index (κ3) is 9.53. The van der Waals surface area contributed by atoms with Crippen LogP contribution in [0.4, 0.5) is 15.4 Å². The molecule has 0 aliphatic carbocycles. The molecule has 0 radical (unpaired) electrons. The molecule has 10 nitrogen and oxygen atoms in total. The Morgan fingerprint density at radius 2 is 1.56 bits per heavy atom. The number of hydrogen-bond donors (Lipinski definition) is 2. The summed E-state index contributed by atoms with van der Waals surface area (Å²) in [7, 11) is 0. The fourth-order valence-electron chi connectivity index (χ4n) is 4.04. The van der Waals surface area contributed by atoms with Gasteiger partial charge in [0.05, 0.1) is 11.6 Å². The van der Waals surface area contributed by atoms with Crippen LogP contribution in [0.15, 0.2) is 18.3 Å². The van der Waals surface area contributed by atoms with Gasteiger partial charge in [0.1, 0.15) is 23.1 Å². The van der Waals surface area contributed by atoms with Gasteiger partial charge in [0.15, 0.2) is 0 Å². The zero-order chi connectivity index (χ0) is 26.9. The van der Waals surface area contributed by atoms with Gasteiger partial charge in [-0.15, -0.1) is 0 Å². The van der Waals surface area contributed by atoms with Gasteiger partial charge >= 0.3 is 12.2 Å². The van der Waals surface area contributed by atoms with Gasteiger partial charge in [0.2, 0.25) is 0 Å². The highest BCUT2D eigenvalue weighted by atomic mass is 16.6. The number of nitriles is 1. The van der Waals surface area contributed by atoms with Crippen molar-refractivity contribution in [3.05, 3.63) is 23.9 Å². The van der Waals surface area contributed by atoms with Gasteiger partial charge in [-0.3, -0.25) is 0 Å². The minimum absolute atomic E-state index is 0.104. The summed E-state index contributed by atoms with van der Waals surface area (Å²) in [6.45, 7) is 13.9. The summed E-state index contributed by atoms with van der Waals surface area (Å²) in [6.07, 6.45) is 4.99. The van der Waals surface area contributed by atoms with E-state index in [1.165, 1.54) is 6.20 Å². The number of hydrogen-bond acceptors (Lipinski definition) is 8. The van der Waals surface area contributed by atoms with Crippen LogP contribution < -0.4 is 11.1 Å². The van der Waals surface area contributed by atoms with Crippen molar-refractivity contribution in [2.24, 2.45) is 5.73 Å². The van der Waals surface area contributed by atoms with E-state index in [-0.39, 0.29) is 24.3 Å². The maximum Gasteiger partial charge on any atom is 0.410 e. The lowest BCUT2D eigenvalue weighted by atomic mass is 10.2. The number of pyridine rings is 1. The molecule has 0 saturated carbocycles. The number of likely N-dealkylation sites (tertiary alicyclic amines) is 2. The van der Waals surface area contributed by atoms with Crippen molar-refractivity contribution in [3.63, 3.8) is 0 Å². The normalized spacial score (nSPS) is 19.7. The van der Waals surface area contributed by atoms with Crippen LogP contribution in [0.25, 0.3) is 0 Å². The van der Waals surface area contributed by atoms with E-state index in [1.54, 1.807) is 21.9 Å². The van der Waals surface area contributed by atoms with Crippen LogP contribution in [0.2, 0.25) is 0 Å². The first-order valence-corrected chi connectivity index (χ1v) is 12.6. The van der Waals surface area contributed by atoms with E-state index in [2.05, 4.69) is 10.3 Å². The summed E-state index contributed by atoms with van der Waals surface area (Å²) in [5.41, 5.74) is 5.21. The molecule has 3 rings (SSSR count). The monoisotopic (exact) mass is 502 g/mol. The molecule has 200 valence electrons. The van der Waals surface area contributed by atoms with Crippen molar-refractivity contribution in [1.82, 2.24) is 14.8 Å². The highest BCUT2D eigenvalue weighted by Crippen LogP contribution is 2.22. The molecule has 36 heavy (non-hydrogen) atoms. The van der Waals surface area contributed by atoms with Crippen molar-refractivity contribution in [2.75, 3.05) is 31.5 Å². The lowest BCUT2D eigenvalue weighted by Gasteiger charge is -2.28. The van der Waals surface area contributed by atoms with Crippen LogP contribution in [0.3, 0.4) is 0 Å². The predicted octanol–water partition coefficient (Wildman–Crippen LogP) is 4.11. The van der Waals surface area contributed by atoms with E-state index in [0.29, 0.717) is 24.5 Å². The van der Waals surface area contributed by atoms with E-state index in [4.69, 9.17) is 20.5 Å². The number of amides is 2. The number of carbonyl (C=O) groups excluding carboxylic acids is 2. The highest BCUT2D eigenvalue weighted by molar-refractivity contribution is 5.69. The topological polar surface area (TPSA) is 134 Å². The molecule has 2 aliphatic heterocycles. The second-order valence-electron chi connectivity index (χ2n) is 11.1. The third-order valence-electron chi connectivity index (χ3n) is 5.69.